The molecule has 0 spiro atoms. The van der Waals surface area contributed by atoms with Gasteiger partial charge in [-0.1, -0.05) is 11.6 Å². The Labute approximate surface area is 147 Å². The van der Waals surface area contributed by atoms with Crippen molar-refractivity contribution in [1.82, 2.24) is 15.1 Å². The van der Waals surface area contributed by atoms with Gasteiger partial charge in [0.25, 0.3) is 11.6 Å². The van der Waals surface area contributed by atoms with E-state index in [1.54, 1.807) is 41.5 Å². The highest BCUT2D eigenvalue weighted by atomic mass is 35.5. The Morgan fingerprint density at radius 1 is 1.40 bits per heavy atom. The van der Waals surface area contributed by atoms with Crippen molar-refractivity contribution in [1.29, 1.82) is 0 Å². The first-order valence-corrected chi connectivity index (χ1v) is 7.68. The van der Waals surface area contributed by atoms with Gasteiger partial charge >= 0.3 is 0 Å². The van der Waals surface area contributed by atoms with Gasteiger partial charge < -0.3 is 9.73 Å². The minimum absolute atomic E-state index is 0.0142. The first-order chi connectivity index (χ1) is 12.1. The lowest BCUT2D eigenvalue weighted by atomic mass is 10.1. The molecule has 0 saturated carbocycles. The Morgan fingerprint density at radius 3 is 2.84 bits per heavy atom. The number of nitro groups is 1. The molecule has 1 atom stereocenters. The molecule has 0 bridgehead atoms. The topological polar surface area (TPSA) is 103 Å². The van der Waals surface area contributed by atoms with Gasteiger partial charge in [-0.3, -0.25) is 19.6 Å². The third-order valence-electron chi connectivity index (χ3n) is 3.58. The van der Waals surface area contributed by atoms with E-state index in [2.05, 4.69) is 10.4 Å². The number of nitrogens with zero attached hydrogens (tertiary/aromatic N) is 3. The number of non-ortho nitro benzene ring substituents is 1. The van der Waals surface area contributed by atoms with Crippen LogP contribution < -0.4 is 5.32 Å². The number of benzene rings is 1. The zero-order valence-electron chi connectivity index (χ0n) is 12.8. The minimum Gasteiger partial charge on any atom is -0.467 e. The molecule has 1 N–H and O–H groups in total. The van der Waals surface area contributed by atoms with Gasteiger partial charge in [-0.15, -0.1) is 0 Å². The zero-order valence-corrected chi connectivity index (χ0v) is 13.6. The van der Waals surface area contributed by atoms with E-state index in [1.807, 2.05) is 0 Å². The van der Waals surface area contributed by atoms with Crippen molar-refractivity contribution >= 4 is 23.2 Å². The summed E-state index contributed by atoms with van der Waals surface area (Å²) in [5.41, 5.74) is -0.0162. The molecule has 2 aromatic heterocycles. The first-order valence-electron chi connectivity index (χ1n) is 7.31. The van der Waals surface area contributed by atoms with Crippen LogP contribution in [0.4, 0.5) is 5.69 Å². The second kappa shape index (κ2) is 7.18. The minimum atomic E-state index is -0.571. The fourth-order valence-corrected chi connectivity index (χ4v) is 2.62. The lowest BCUT2D eigenvalue weighted by Crippen LogP contribution is -2.31. The average molecular weight is 361 g/mol. The summed E-state index contributed by atoms with van der Waals surface area (Å²) >= 11 is 5.98. The maximum Gasteiger partial charge on any atom is 0.270 e. The third kappa shape index (κ3) is 3.69. The van der Waals surface area contributed by atoms with Crippen LogP contribution in [0.2, 0.25) is 5.02 Å². The number of halogens is 1. The van der Waals surface area contributed by atoms with Gasteiger partial charge in [0.2, 0.25) is 0 Å². The number of carbonyl (C=O) groups is 1. The van der Waals surface area contributed by atoms with Gasteiger partial charge in [0.05, 0.1) is 21.8 Å². The van der Waals surface area contributed by atoms with Crippen LogP contribution in [0.15, 0.2) is 59.5 Å². The number of aromatic nitrogens is 2. The standard InChI is InChI=1S/C16H13ClN4O4/c17-13-9-11(21(23)24)4-5-12(13)16(22)18-10-14(15-3-1-8-25-15)20-7-2-6-19-20/h1-9,14H,10H2,(H,18,22). The predicted octanol–water partition coefficient (Wildman–Crippen LogP) is 3.06. The molecule has 2 heterocycles. The zero-order chi connectivity index (χ0) is 17.8. The lowest BCUT2D eigenvalue weighted by Gasteiger charge is -2.16. The molecule has 1 amide bonds. The quantitative estimate of drug-likeness (QED) is 0.537. The highest BCUT2D eigenvalue weighted by Gasteiger charge is 2.20. The smallest absolute Gasteiger partial charge is 0.270 e. The summed E-state index contributed by atoms with van der Waals surface area (Å²) in [6.07, 6.45) is 4.93. The second-order valence-corrected chi connectivity index (χ2v) is 5.56. The molecule has 3 rings (SSSR count). The van der Waals surface area contributed by atoms with Crippen LogP contribution in [0.1, 0.15) is 22.2 Å². The van der Waals surface area contributed by atoms with Crippen molar-refractivity contribution < 1.29 is 14.1 Å². The number of carbonyl (C=O) groups excluding carboxylic acids is 1. The van der Waals surface area contributed by atoms with Gasteiger partial charge in [-0.25, -0.2) is 0 Å². The molecule has 128 valence electrons. The molecule has 1 aromatic carbocycles. The monoisotopic (exact) mass is 360 g/mol. The van der Waals surface area contributed by atoms with E-state index in [1.165, 1.54) is 12.1 Å². The second-order valence-electron chi connectivity index (χ2n) is 5.15. The van der Waals surface area contributed by atoms with E-state index < -0.39 is 10.8 Å². The van der Waals surface area contributed by atoms with Gasteiger partial charge in [-0.2, -0.15) is 5.10 Å². The molecular weight excluding hydrogens is 348 g/mol. The molecule has 3 aromatic rings. The van der Waals surface area contributed by atoms with Crippen LogP contribution in [-0.2, 0) is 0 Å². The number of furan rings is 1. The van der Waals surface area contributed by atoms with Crippen LogP contribution >= 0.6 is 11.6 Å². The van der Waals surface area contributed by atoms with Crippen molar-refractivity contribution in [2.75, 3.05) is 6.54 Å². The van der Waals surface area contributed by atoms with Crippen molar-refractivity contribution in [2.24, 2.45) is 0 Å². The van der Waals surface area contributed by atoms with E-state index in [0.717, 1.165) is 6.07 Å². The van der Waals surface area contributed by atoms with Crippen molar-refractivity contribution in [3.8, 4) is 0 Å². The van der Waals surface area contributed by atoms with E-state index in [9.17, 15) is 14.9 Å². The van der Waals surface area contributed by atoms with Gasteiger partial charge in [0.15, 0.2) is 0 Å². The first kappa shape index (κ1) is 16.7. The number of amides is 1. The number of nitro benzene ring substituents is 1. The normalized spacial score (nSPS) is 11.9. The fourth-order valence-electron chi connectivity index (χ4n) is 2.36. The summed E-state index contributed by atoms with van der Waals surface area (Å²) in [6, 6.07) is 8.69. The van der Waals surface area contributed by atoms with E-state index >= 15 is 0 Å². The Balaban J connectivity index is 1.75. The lowest BCUT2D eigenvalue weighted by molar-refractivity contribution is -0.384. The molecule has 25 heavy (non-hydrogen) atoms. The summed E-state index contributed by atoms with van der Waals surface area (Å²) in [6.45, 7) is 0.210. The number of nitrogens with one attached hydrogen (secondary N) is 1. The highest BCUT2D eigenvalue weighted by molar-refractivity contribution is 6.34. The van der Waals surface area contributed by atoms with E-state index in [-0.39, 0.29) is 28.9 Å². The summed E-state index contributed by atoms with van der Waals surface area (Å²) in [7, 11) is 0. The maximum absolute atomic E-state index is 12.4. The molecular formula is C16H13ClN4O4. The molecule has 0 aliphatic carbocycles. The summed E-state index contributed by atoms with van der Waals surface area (Å²) in [5, 5.41) is 17.7. The largest absolute Gasteiger partial charge is 0.467 e. The average Bonchev–Trinajstić information content (AvgIpc) is 3.28. The number of hydrogen-bond donors (Lipinski definition) is 1. The van der Waals surface area contributed by atoms with Crippen LogP contribution in [0.3, 0.4) is 0 Å². The Hall–Kier alpha value is -3.13. The van der Waals surface area contributed by atoms with Crippen LogP contribution in [0, 0.1) is 10.1 Å². The van der Waals surface area contributed by atoms with E-state index in [4.69, 9.17) is 16.0 Å². The Kier molecular flexibility index (Phi) is 4.80. The van der Waals surface area contributed by atoms with Crippen molar-refractivity contribution in [2.45, 2.75) is 6.04 Å². The SMILES string of the molecule is O=C(NCC(c1ccco1)n1cccn1)c1ccc([N+](=O)[O-])cc1Cl. The molecule has 0 aliphatic rings. The number of hydrogen-bond acceptors (Lipinski definition) is 5. The van der Waals surface area contributed by atoms with Crippen LogP contribution in [0.25, 0.3) is 0 Å². The molecule has 1 unspecified atom stereocenters. The molecule has 8 nitrogen and oxygen atoms in total. The third-order valence-corrected chi connectivity index (χ3v) is 3.89. The predicted molar refractivity (Wildman–Crippen MR) is 89.5 cm³/mol. The van der Waals surface area contributed by atoms with Crippen LogP contribution in [0.5, 0.6) is 0 Å². The Morgan fingerprint density at radius 2 is 2.24 bits per heavy atom. The van der Waals surface area contributed by atoms with Gasteiger partial charge in [-0.05, 0) is 24.3 Å². The van der Waals surface area contributed by atoms with Gasteiger partial charge in [0.1, 0.15) is 11.8 Å². The Bertz CT molecular complexity index is 843. The molecule has 0 radical (unpaired) electrons. The molecule has 0 fully saturated rings. The molecule has 9 heteroatoms. The maximum atomic E-state index is 12.4. The van der Waals surface area contributed by atoms with E-state index in [0.29, 0.717) is 5.76 Å². The van der Waals surface area contributed by atoms with Crippen molar-refractivity contribution in [3.63, 3.8) is 0 Å². The number of rotatable bonds is 6. The fraction of sp³-hybridized carbons (Fsp3) is 0.125. The summed E-state index contributed by atoms with van der Waals surface area (Å²) in [5.74, 6) is 0.197. The highest BCUT2D eigenvalue weighted by Crippen LogP contribution is 2.23. The summed E-state index contributed by atoms with van der Waals surface area (Å²) < 4.78 is 7.07. The molecule has 0 aliphatic heterocycles. The van der Waals surface area contributed by atoms with Gasteiger partial charge in [0, 0.05) is 31.1 Å². The van der Waals surface area contributed by atoms with Crippen LogP contribution in [-0.4, -0.2) is 27.2 Å². The van der Waals surface area contributed by atoms with Crippen molar-refractivity contribution in [3.05, 3.63) is 81.5 Å². The molecule has 0 saturated heterocycles. The summed E-state index contributed by atoms with van der Waals surface area (Å²) in [4.78, 5) is 22.5.